The van der Waals surface area contributed by atoms with Crippen LogP contribution in [0.1, 0.15) is 12.5 Å². The summed E-state index contributed by atoms with van der Waals surface area (Å²) >= 11 is 0. The zero-order chi connectivity index (χ0) is 19.8. The number of hydrogen-bond acceptors (Lipinski definition) is 3. The second-order valence-electron chi connectivity index (χ2n) is 6.03. The maximum absolute atomic E-state index is 13.2. The van der Waals surface area contributed by atoms with Gasteiger partial charge in [0.25, 0.3) is 0 Å². The lowest BCUT2D eigenvalue weighted by Crippen LogP contribution is -2.39. The Bertz CT molecular complexity index is 963. The predicted molar refractivity (Wildman–Crippen MR) is 122 cm³/mol. The van der Waals surface area contributed by atoms with Gasteiger partial charge in [-0.2, -0.15) is 0 Å². The Morgan fingerprint density at radius 3 is 2.69 bits per heavy atom. The minimum atomic E-state index is -0.926. The summed E-state index contributed by atoms with van der Waals surface area (Å²) in [4.78, 5) is 8.97. The van der Waals surface area contributed by atoms with Gasteiger partial charge in [-0.1, -0.05) is 18.2 Å². The molecule has 0 fully saturated rings. The molecule has 3 rings (SSSR count). The van der Waals surface area contributed by atoms with Crippen molar-refractivity contribution in [2.75, 3.05) is 19.7 Å². The third kappa shape index (κ3) is 6.52. The standard InChI is InChI=1S/C21H22F2N4O.HI/c1-2-24-21(26-11-12-28-16-7-8-18(22)19(23)13-16)27-14-15-9-10-25-20-6-4-3-5-17(15)20;/h3-10,13H,2,11-12,14H2,1H3,(H2,24,26,27);1H. The third-order valence-electron chi connectivity index (χ3n) is 4.05. The van der Waals surface area contributed by atoms with Crippen molar-refractivity contribution in [1.82, 2.24) is 15.6 Å². The molecule has 0 bridgehead atoms. The van der Waals surface area contributed by atoms with Crippen LogP contribution in [0, 0.1) is 11.6 Å². The number of nitrogens with zero attached hydrogens (tertiary/aromatic N) is 2. The molecule has 0 saturated carbocycles. The van der Waals surface area contributed by atoms with E-state index in [0.29, 0.717) is 25.6 Å². The largest absolute Gasteiger partial charge is 0.492 e. The van der Waals surface area contributed by atoms with Gasteiger partial charge in [0.2, 0.25) is 0 Å². The fourth-order valence-corrected chi connectivity index (χ4v) is 2.70. The molecule has 0 spiro atoms. The first kappa shape index (κ1) is 22.8. The number of guanidine groups is 1. The molecule has 0 atom stereocenters. The monoisotopic (exact) mass is 512 g/mol. The molecular weight excluding hydrogens is 489 g/mol. The first-order valence-corrected chi connectivity index (χ1v) is 9.10. The number of ether oxygens (including phenoxy) is 1. The first-order chi connectivity index (χ1) is 13.7. The topological polar surface area (TPSA) is 58.5 Å². The number of fused-ring (bicyclic) bond motifs is 1. The zero-order valence-corrected chi connectivity index (χ0v) is 18.3. The van der Waals surface area contributed by atoms with Gasteiger partial charge in [-0.05, 0) is 36.8 Å². The van der Waals surface area contributed by atoms with Crippen LogP contribution in [0.5, 0.6) is 5.75 Å². The molecule has 0 unspecified atom stereocenters. The lowest BCUT2D eigenvalue weighted by Gasteiger charge is -2.12. The summed E-state index contributed by atoms with van der Waals surface area (Å²) in [6, 6.07) is 13.4. The van der Waals surface area contributed by atoms with Crippen LogP contribution >= 0.6 is 24.0 Å². The van der Waals surface area contributed by atoms with Crippen molar-refractivity contribution in [3.63, 3.8) is 0 Å². The molecule has 1 heterocycles. The lowest BCUT2D eigenvalue weighted by molar-refractivity contribution is 0.318. The van der Waals surface area contributed by atoms with Crippen LogP contribution in [0.3, 0.4) is 0 Å². The van der Waals surface area contributed by atoms with Gasteiger partial charge in [0.05, 0.1) is 18.6 Å². The predicted octanol–water partition coefficient (Wildman–Crippen LogP) is 4.27. The summed E-state index contributed by atoms with van der Waals surface area (Å²) in [7, 11) is 0. The molecule has 0 radical (unpaired) electrons. The Kier molecular flexibility index (Phi) is 9.04. The summed E-state index contributed by atoms with van der Waals surface area (Å²) in [5, 5.41) is 7.42. The molecule has 3 aromatic rings. The van der Waals surface area contributed by atoms with Crippen molar-refractivity contribution in [3.8, 4) is 5.75 Å². The molecular formula is C21H23F2IN4O. The molecule has 1 aromatic heterocycles. The van der Waals surface area contributed by atoms with E-state index >= 15 is 0 Å². The molecule has 154 valence electrons. The maximum atomic E-state index is 13.2. The summed E-state index contributed by atoms with van der Waals surface area (Å²) in [6.07, 6.45) is 1.78. The minimum Gasteiger partial charge on any atom is -0.492 e. The summed E-state index contributed by atoms with van der Waals surface area (Å²) in [6.45, 7) is 3.95. The van der Waals surface area contributed by atoms with E-state index in [1.54, 1.807) is 6.20 Å². The second-order valence-corrected chi connectivity index (χ2v) is 6.03. The quantitative estimate of drug-likeness (QED) is 0.215. The Morgan fingerprint density at radius 2 is 1.90 bits per heavy atom. The number of nitrogens with one attached hydrogen (secondary N) is 2. The normalized spacial score (nSPS) is 11.1. The fraction of sp³-hybridized carbons (Fsp3) is 0.238. The van der Waals surface area contributed by atoms with Crippen molar-refractivity contribution >= 4 is 40.8 Å². The average molecular weight is 512 g/mol. The van der Waals surface area contributed by atoms with Gasteiger partial charge in [-0.15, -0.1) is 24.0 Å². The lowest BCUT2D eigenvalue weighted by atomic mass is 10.1. The molecule has 0 saturated heterocycles. The Morgan fingerprint density at radius 1 is 1.07 bits per heavy atom. The van der Waals surface area contributed by atoms with Crippen LogP contribution in [0.4, 0.5) is 8.78 Å². The summed E-state index contributed by atoms with van der Waals surface area (Å²) in [5.74, 6) is -0.885. The Hall–Kier alpha value is -2.49. The molecule has 0 aliphatic rings. The van der Waals surface area contributed by atoms with E-state index in [2.05, 4.69) is 20.6 Å². The van der Waals surface area contributed by atoms with Crippen molar-refractivity contribution < 1.29 is 13.5 Å². The van der Waals surface area contributed by atoms with E-state index in [9.17, 15) is 8.78 Å². The SMILES string of the molecule is CCNC(=NCc1ccnc2ccccc12)NCCOc1ccc(F)c(F)c1.I. The molecule has 2 N–H and O–H groups in total. The zero-order valence-electron chi connectivity index (χ0n) is 16.0. The third-order valence-corrected chi connectivity index (χ3v) is 4.05. The van der Waals surface area contributed by atoms with Gasteiger partial charge in [0.1, 0.15) is 12.4 Å². The number of hydrogen-bond donors (Lipinski definition) is 2. The van der Waals surface area contributed by atoms with Crippen molar-refractivity contribution in [2.45, 2.75) is 13.5 Å². The van der Waals surface area contributed by atoms with Crippen LogP contribution in [0.2, 0.25) is 0 Å². The number of pyridine rings is 1. The smallest absolute Gasteiger partial charge is 0.191 e. The molecule has 2 aromatic carbocycles. The van der Waals surface area contributed by atoms with E-state index in [-0.39, 0.29) is 36.3 Å². The molecule has 0 aliphatic heterocycles. The molecule has 29 heavy (non-hydrogen) atoms. The Balaban J connectivity index is 0.00000300. The van der Waals surface area contributed by atoms with Crippen LogP contribution in [0.25, 0.3) is 10.9 Å². The van der Waals surface area contributed by atoms with Crippen LogP contribution in [-0.4, -0.2) is 30.6 Å². The Labute approximate surface area is 185 Å². The number of aromatic nitrogens is 1. The van der Waals surface area contributed by atoms with E-state index in [4.69, 9.17) is 4.74 Å². The highest BCUT2D eigenvalue weighted by Crippen LogP contribution is 2.17. The summed E-state index contributed by atoms with van der Waals surface area (Å²) in [5.41, 5.74) is 2.02. The maximum Gasteiger partial charge on any atom is 0.191 e. The average Bonchev–Trinajstić information content (AvgIpc) is 2.71. The number of halogens is 3. The van der Waals surface area contributed by atoms with Gasteiger partial charge in [0.15, 0.2) is 17.6 Å². The van der Waals surface area contributed by atoms with Crippen molar-refractivity contribution in [3.05, 3.63) is 71.9 Å². The van der Waals surface area contributed by atoms with Crippen molar-refractivity contribution in [1.29, 1.82) is 0 Å². The summed E-state index contributed by atoms with van der Waals surface area (Å²) < 4.78 is 31.5. The van der Waals surface area contributed by atoms with Crippen LogP contribution in [-0.2, 0) is 6.54 Å². The highest BCUT2D eigenvalue weighted by Gasteiger charge is 2.04. The molecule has 5 nitrogen and oxygen atoms in total. The van der Waals surface area contributed by atoms with Crippen LogP contribution in [0.15, 0.2) is 59.7 Å². The van der Waals surface area contributed by atoms with Crippen LogP contribution < -0.4 is 15.4 Å². The van der Waals surface area contributed by atoms with Gasteiger partial charge >= 0.3 is 0 Å². The number of para-hydroxylation sites is 1. The van der Waals surface area contributed by atoms with Gasteiger partial charge in [0, 0.05) is 24.2 Å². The van der Waals surface area contributed by atoms with Gasteiger partial charge in [-0.25, -0.2) is 13.8 Å². The van der Waals surface area contributed by atoms with Gasteiger partial charge in [-0.3, -0.25) is 4.98 Å². The second kappa shape index (κ2) is 11.5. The highest BCUT2D eigenvalue weighted by molar-refractivity contribution is 14.0. The van der Waals surface area contributed by atoms with E-state index < -0.39 is 11.6 Å². The minimum absolute atomic E-state index is 0. The fourth-order valence-electron chi connectivity index (χ4n) is 2.70. The number of aliphatic imine (C=N–C) groups is 1. The number of rotatable bonds is 7. The van der Waals surface area contributed by atoms with E-state index in [1.807, 2.05) is 37.3 Å². The molecule has 8 heteroatoms. The number of benzene rings is 2. The molecule has 0 amide bonds. The highest BCUT2D eigenvalue weighted by atomic mass is 127. The van der Waals surface area contributed by atoms with Gasteiger partial charge < -0.3 is 15.4 Å². The van der Waals surface area contributed by atoms with E-state index in [0.717, 1.165) is 28.6 Å². The van der Waals surface area contributed by atoms with E-state index in [1.165, 1.54) is 6.07 Å². The molecule has 0 aliphatic carbocycles. The first-order valence-electron chi connectivity index (χ1n) is 9.10. The van der Waals surface area contributed by atoms with Crippen molar-refractivity contribution in [2.24, 2.45) is 4.99 Å².